The van der Waals surface area contributed by atoms with Crippen LogP contribution in [0, 0.1) is 0 Å². The second-order valence-electron chi connectivity index (χ2n) is 4.23. The van der Waals surface area contributed by atoms with E-state index < -0.39 is 7.14 Å². The average Bonchev–Trinajstić information content (AvgIpc) is 1.46. The van der Waals surface area contributed by atoms with Crippen molar-refractivity contribution in [3.8, 4) is 0 Å². The van der Waals surface area contributed by atoms with Gasteiger partial charge in [-0.05, 0) is 32.3 Å². The van der Waals surface area contributed by atoms with Crippen LogP contribution in [0.3, 0.4) is 0 Å². The molecule has 2 fully saturated rings. The Morgan fingerprint density at radius 3 is 1.55 bits per heavy atom. The smallest absolute Gasteiger partial charge is 0.0906 e. The molecule has 0 N–H and O–H groups in total. The van der Waals surface area contributed by atoms with Crippen molar-refractivity contribution in [1.82, 2.24) is 0 Å². The maximum Gasteiger partial charge on any atom is 0.0906 e. The number of hydrogen-bond acceptors (Lipinski definition) is 1. The molecule has 2 saturated carbocycles. The number of hydrogen-bond donors (Lipinski definition) is 0. The van der Waals surface area contributed by atoms with E-state index in [1.54, 1.807) is 0 Å². The molecule has 0 spiro atoms. The van der Waals surface area contributed by atoms with E-state index in [-0.39, 0.29) is 0 Å². The molecule has 0 bridgehead atoms. The van der Waals surface area contributed by atoms with Crippen LogP contribution in [-0.2, 0) is 4.57 Å². The lowest BCUT2D eigenvalue weighted by Crippen LogP contribution is -2.28. The van der Waals surface area contributed by atoms with E-state index in [2.05, 4.69) is 6.66 Å². The maximum absolute atomic E-state index is 12.2. The van der Waals surface area contributed by atoms with E-state index in [1.165, 1.54) is 38.5 Å². The molecule has 2 aliphatic rings. The van der Waals surface area contributed by atoms with Gasteiger partial charge in [-0.2, -0.15) is 0 Å². The lowest BCUT2D eigenvalue weighted by Gasteiger charge is -2.40. The Balaban J connectivity index is 2.01. The molecule has 0 heterocycles. The summed E-state index contributed by atoms with van der Waals surface area (Å²) in [7, 11) is -1.70. The summed E-state index contributed by atoms with van der Waals surface area (Å²) in [5.41, 5.74) is 1.26. The Morgan fingerprint density at radius 2 is 1.36 bits per heavy atom. The van der Waals surface area contributed by atoms with Gasteiger partial charge in [-0.15, -0.1) is 0 Å². The van der Waals surface area contributed by atoms with E-state index in [0.717, 1.165) is 0 Å². The molecule has 0 aromatic heterocycles. The van der Waals surface area contributed by atoms with Gasteiger partial charge in [0.2, 0.25) is 0 Å². The van der Waals surface area contributed by atoms with Crippen LogP contribution in [0.5, 0.6) is 0 Å². The maximum atomic E-state index is 12.2. The van der Waals surface area contributed by atoms with Crippen LogP contribution in [0.15, 0.2) is 0 Å². The fourth-order valence-corrected chi connectivity index (χ4v) is 5.47. The summed E-state index contributed by atoms with van der Waals surface area (Å²) in [5, 5.41) is 0. The summed E-state index contributed by atoms with van der Waals surface area (Å²) >= 11 is 0. The van der Waals surface area contributed by atoms with E-state index in [1.807, 2.05) is 0 Å². The second-order valence-corrected chi connectivity index (χ2v) is 7.81. The van der Waals surface area contributed by atoms with E-state index in [4.69, 9.17) is 0 Å². The standard InChI is InChI=1S/C9H17OP/c1-11(10,8-4-2-5-8)9-6-3-7-9/h8-9H,2-7H2,1H3. The monoisotopic (exact) mass is 172 g/mol. The SMILES string of the molecule is CP(=O)(C1CCC1)C1CCC1. The molecular weight excluding hydrogens is 155 g/mol. The summed E-state index contributed by atoms with van der Waals surface area (Å²) in [4.78, 5) is 0. The minimum absolute atomic E-state index is 0.632. The van der Waals surface area contributed by atoms with Crippen LogP contribution in [-0.4, -0.2) is 18.0 Å². The molecular formula is C9H17OP. The second kappa shape index (κ2) is 2.62. The van der Waals surface area contributed by atoms with Gasteiger partial charge in [0.15, 0.2) is 0 Å². The first-order valence-electron chi connectivity index (χ1n) is 4.78. The van der Waals surface area contributed by atoms with Crippen molar-refractivity contribution < 1.29 is 4.57 Å². The van der Waals surface area contributed by atoms with Gasteiger partial charge in [-0.1, -0.05) is 12.8 Å². The molecule has 2 heteroatoms. The zero-order chi connectivity index (χ0) is 7.90. The van der Waals surface area contributed by atoms with E-state index in [0.29, 0.717) is 11.3 Å². The highest BCUT2D eigenvalue weighted by atomic mass is 31.2. The molecule has 0 aliphatic heterocycles. The Kier molecular flexibility index (Phi) is 1.87. The molecule has 0 radical (unpaired) electrons. The van der Waals surface area contributed by atoms with E-state index in [9.17, 15) is 4.57 Å². The fourth-order valence-electron chi connectivity index (χ4n) is 2.10. The minimum Gasteiger partial charge on any atom is -0.323 e. The predicted molar refractivity (Wildman–Crippen MR) is 48.8 cm³/mol. The third-order valence-electron chi connectivity index (χ3n) is 3.60. The van der Waals surface area contributed by atoms with Gasteiger partial charge in [0.05, 0.1) is 7.14 Å². The highest BCUT2D eigenvalue weighted by Gasteiger charge is 2.41. The van der Waals surface area contributed by atoms with E-state index >= 15 is 0 Å². The van der Waals surface area contributed by atoms with Crippen molar-refractivity contribution in [2.75, 3.05) is 6.66 Å². The van der Waals surface area contributed by atoms with Gasteiger partial charge < -0.3 is 4.57 Å². The summed E-state index contributed by atoms with van der Waals surface area (Å²) < 4.78 is 12.2. The van der Waals surface area contributed by atoms with Crippen LogP contribution >= 0.6 is 7.14 Å². The zero-order valence-corrected chi connectivity index (χ0v) is 8.15. The summed E-state index contributed by atoms with van der Waals surface area (Å²) in [5.74, 6) is 0. The van der Waals surface area contributed by atoms with Gasteiger partial charge >= 0.3 is 0 Å². The largest absolute Gasteiger partial charge is 0.323 e. The minimum atomic E-state index is -1.70. The van der Waals surface area contributed by atoms with Crippen molar-refractivity contribution in [3.05, 3.63) is 0 Å². The van der Waals surface area contributed by atoms with Crippen molar-refractivity contribution in [1.29, 1.82) is 0 Å². The van der Waals surface area contributed by atoms with Crippen LogP contribution < -0.4 is 0 Å². The first kappa shape index (κ1) is 7.86. The molecule has 0 atom stereocenters. The van der Waals surface area contributed by atoms with Crippen molar-refractivity contribution in [2.24, 2.45) is 0 Å². The third kappa shape index (κ3) is 1.18. The first-order valence-corrected chi connectivity index (χ1v) is 7.07. The highest BCUT2D eigenvalue weighted by molar-refractivity contribution is 7.64. The Hall–Kier alpha value is 0.230. The Bertz CT molecular complexity index is 174. The molecule has 0 aromatic rings. The Labute approximate surface area is 68.9 Å². The van der Waals surface area contributed by atoms with Crippen molar-refractivity contribution in [3.63, 3.8) is 0 Å². The number of rotatable bonds is 2. The molecule has 2 rings (SSSR count). The normalized spacial score (nSPS) is 27.7. The summed E-state index contributed by atoms with van der Waals surface area (Å²) in [6.07, 6.45) is 7.67. The molecule has 0 saturated heterocycles. The van der Waals surface area contributed by atoms with Crippen LogP contribution in [0.1, 0.15) is 38.5 Å². The summed E-state index contributed by atoms with van der Waals surface area (Å²) in [6.45, 7) is 2.06. The van der Waals surface area contributed by atoms with Gasteiger partial charge in [-0.3, -0.25) is 0 Å². The Morgan fingerprint density at radius 1 is 1.00 bits per heavy atom. The predicted octanol–water partition coefficient (Wildman–Crippen LogP) is 3.08. The van der Waals surface area contributed by atoms with Crippen molar-refractivity contribution >= 4 is 7.14 Å². The topological polar surface area (TPSA) is 17.1 Å². The van der Waals surface area contributed by atoms with Crippen LogP contribution in [0.25, 0.3) is 0 Å². The third-order valence-corrected chi connectivity index (χ3v) is 7.53. The fraction of sp³-hybridized carbons (Fsp3) is 1.00. The van der Waals surface area contributed by atoms with Crippen LogP contribution in [0.2, 0.25) is 0 Å². The summed E-state index contributed by atoms with van der Waals surface area (Å²) in [6, 6.07) is 0. The van der Waals surface area contributed by atoms with Gasteiger partial charge in [-0.25, -0.2) is 0 Å². The molecule has 64 valence electrons. The van der Waals surface area contributed by atoms with Crippen LogP contribution in [0.4, 0.5) is 0 Å². The van der Waals surface area contributed by atoms with Gasteiger partial charge in [0.1, 0.15) is 0 Å². The molecule has 1 nitrogen and oxygen atoms in total. The lowest BCUT2D eigenvalue weighted by molar-refractivity contribution is 0.433. The molecule has 0 unspecified atom stereocenters. The lowest BCUT2D eigenvalue weighted by atomic mass is 9.99. The quantitative estimate of drug-likeness (QED) is 0.585. The molecule has 0 amide bonds. The molecule has 2 aliphatic carbocycles. The average molecular weight is 172 g/mol. The zero-order valence-electron chi connectivity index (χ0n) is 7.25. The highest BCUT2D eigenvalue weighted by Crippen LogP contribution is 2.63. The van der Waals surface area contributed by atoms with Crippen molar-refractivity contribution in [2.45, 2.75) is 49.8 Å². The first-order chi connectivity index (χ1) is 5.21. The van der Waals surface area contributed by atoms with Gasteiger partial charge in [0, 0.05) is 11.3 Å². The molecule has 0 aromatic carbocycles. The molecule has 11 heavy (non-hydrogen) atoms. The van der Waals surface area contributed by atoms with Gasteiger partial charge in [0.25, 0.3) is 0 Å².